The van der Waals surface area contributed by atoms with Crippen molar-refractivity contribution in [3.05, 3.63) is 11.3 Å². The largest absolute Gasteiger partial charge is 0.477 e. The first kappa shape index (κ1) is 18.5. The average Bonchev–Trinajstić information content (AvgIpc) is 2.88. The second-order valence-corrected chi connectivity index (χ2v) is 6.15. The quantitative estimate of drug-likeness (QED) is 0.815. The fraction of sp³-hybridized carbons (Fsp3) is 0.714. The Morgan fingerprint density at radius 3 is 2.50 bits per heavy atom. The van der Waals surface area contributed by atoms with Crippen LogP contribution in [0.4, 0.5) is 22.0 Å². The fourth-order valence-electron chi connectivity index (χ4n) is 2.79. The molecule has 2 rings (SSSR count). The summed E-state index contributed by atoms with van der Waals surface area (Å²) in [5.74, 6) is -6.21. The van der Waals surface area contributed by atoms with Gasteiger partial charge in [0.1, 0.15) is 0 Å². The summed E-state index contributed by atoms with van der Waals surface area (Å²) >= 11 is 0. The van der Waals surface area contributed by atoms with Crippen LogP contribution in [-0.2, 0) is 12.7 Å². The van der Waals surface area contributed by atoms with Gasteiger partial charge in [-0.25, -0.2) is 13.6 Å². The Morgan fingerprint density at radius 1 is 1.46 bits per heavy atom. The summed E-state index contributed by atoms with van der Waals surface area (Å²) in [6, 6.07) is 0. The van der Waals surface area contributed by atoms with E-state index < -0.39 is 53.6 Å². The number of rotatable bonds is 5. The molecule has 1 aliphatic rings. The zero-order chi connectivity index (χ0) is 18.3. The van der Waals surface area contributed by atoms with E-state index in [2.05, 4.69) is 5.10 Å². The molecular formula is C14H17F5N2O3. The molecule has 0 saturated heterocycles. The standard InChI is InChI=1S/C14H17F5N2O3/c1-7(2)24-11-9(14(17,18)19)10(12(22)23)21(20-11)6-8-3-4-13(15,16)5-8/h7-8H,3-6H2,1-2H3,(H,22,23). The Morgan fingerprint density at radius 2 is 2.08 bits per heavy atom. The van der Waals surface area contributed by atoms with Crippen LogP contribution < -0.4 is 4.74 Å². The monoisotopic (exact) mass is 356 g/mol. The minimum Gasteiger partial charge on any atom is -0.477 e. The highest BCUT2D eigenvalue weighted by Crippen LogP contribution is 2.42. The molecule has 24 heavy (non-hydrogen) atoms. The van der Waals surface area contributed by atoms with Crippen LogP contribution in [0.3, 0.4) is 0 Å². The molecule has 1 heterocycles. The predicted octanol–water partition coefficient (Wildman–Crippen LogP) is 3.82. The summed E-state index contributed by atoms with van der Waals surface area (Å²) in [6.45, 7) is 2.61. The zero-order valence-corrected chi connectivity index (χ0v) is 13.0. The maximum atomic E-state index is 13.3. The minimum atomic E-state index is -4.99. The van der Waals surface area contributed by atoms with E-state index in [1.54, 1.807) is 0 Å². The molecule has 136 valence electrons. The number of aromatic nitrogens is 2. The Labute approximate surface area is 134 Å². The number of carbonyl (C=O) groups is 1. The first-order valence-corrected chi connectivity index (χ1v) is 7.36. The molecule has 1 unspecified atom stereocenters. The maximum absolute atomic E-state index is 13.3. The van der Waals surface area contributed by atoms with Gasteiger partial charge in [0.2, 0.25) is 11.8 Å². The molecule has 0 aromatic carbocycles. The summed E-state index contributed by atoms with van der Waals surface area (Å²) in [6.07, 6.45) is -6.44. The van der Waals surface area contributed by atoms with E-state index in [0.717, 1.165) is 0 Å². The van der Waals surface area contributed by atoms with Crippen molar-refractivity contribution in [2.45, 2.75) is 57.9 Å². The molecule has 1 aromatic rings. The van der Waals surface area contributed by atoms with Gasteiger partial charge in [0.25, 0.3) is 0 Å². The van der Waals surface area contributed by atoms with E-state index in [1.165, 1.54) is 13.8 Å². The number of carboxylic acid groups (broad SMARTS) is 1. The SMILES string of the molecule is CC(C)Oc1nn(CC2CCC(F)(F)C2)c(C(=O)O)c1C(F)(F)F. The Bertz CT molecular complexity index is 625. The van der Waals surface area contributed by atoms with Crippen LogP contribution in [0, 0.1) is 5.92 Å². The van der Waals surface area contributed by atoms with Crippen LogP contribution in [0.2, 0.25) is 0 Å². The smallest absolute Gasteiger partial charge is 0.424 e. The molecule has 0 bridgehead atoms. The van der Waals surface area contributed by atoms with Crippen molar-refractivity contribution in [1.29, 1.82) is 0 Å². The Balaban J connectivity index is 2.43. The number of nitrogens with zero attached hydrogens (tertiary/aromatic N) is 2. The van der Waals surface area contributed by atoms with Crippen LogP contribution in [-0.4, -0.2) is 32.9 Å². The third-order valence-corrected chi connectivity index (χ3v) is 3.69. The molecule has 0 aliphatic heterocycles. The third kappa shape index (κ3) is 3.96. The van der Waals surface area contributed by atoms with E-state index in [-0.39, 0.29) is 19.4 Å². The fourth-order valence-corrected chi connectivity index (χ4v) is 2.79. The number of halogens is 5. The highest BCUT2D eigenvalue weighted by atomic mass is 19.4. The molecule has 1 fully saturated rings. The van der Waals surface area contributed by atoms with Crippen molar-refractivity contribution < 1.29 is 36.6 Å². The number of carboxylic acids is 1. The summed E-state index contributed by atoms with van der Waals surface area (Å²) < 4.78 is 71.9. The van der Waals surface area contributed by atoms with Crippen molar-refractivity contribution in [2.75, 3.05) is 0 Å². The van der Waals surface area contributed by atoms with Gasteiger partial charge in [-0.15, -0.1) is 5.10 Å². The lowest BCUT2D eigenvalue weighted by atomic mass is 10.1. The molecule has 5 nitrogen and oxygen atoms in total. The average molecular weight is 356 g/mol. The molecule has 1 N–H and O–H groups in total. The van der Waals surface area contributed by atoms with Gasteiger partial charge in [-0.2, -0.15) is 13.2 Å². The second-order valence-electron chi connectivity index (χ2n) is 6.15. The summed E-state index contributed by atoms with van der Waals surface area (Å²) in [7, 11) is 0. The third-order valence-electron chi connectivity index (χ3n) is 3.69. The summed E-state index contributed by atoms with van der Waals surface area (Å²) in [4.78, 5) is 11.3. The highest BCUT2D eigenvalue weighted by molar-refractivity contribution is 5.88. The number of ether oxygens (including phenoxy) is 1. The van der Waals surface area contributed by atoms with Crippen molar-refractivity contribution >= 4 is 5.97 Å². The highest BCUT2D eigenvalue weighted by Gasteiger charge is 2.45. The van der Waals surface area contributed by atoms with Gasteiger partial charge in [-0.05, 0) is 26.2 Å². The normalized spacial score (nSPS) is 20.6. The molecule has 1 aromatic heterocycles. The van der Waals surface area contributed by atoms with Crippen LogP contribution in [0.1, 0.15) is 49.2 Å². The van der Waals surface area contributed by atoms with Gasteiger partial charge in [-0.3, -0.25) is 4.68 Å². The Kier molecular flexibility index (Phi) is 4.78. The van der Waals surface area contributed by atoms with E-state index in [9.17, 15) is 26.7 Å². The van der Waals surface area contributed by atoms with Crippen LogP contribution in [0.15, 0.2) is 0 Å². The number of alkyl halides is 5. The lowest BCUT2D eigenvalue weighted by molar-refractivity contribution is -0.139. The topological polar surface area (TPSA) is 64.4 Å². The van der Waals surface area contributed by atoms with Gasteiger partial charge in [0, 0.05) is 19.4 Å². The van der Waals surface area contributed by atoms with Crippen LogP contribution >= 0.6 is 0 Å². The second kappa shape index (κ2) is 6.21. The molecule has 1 saturated carbocycles. The molecule has 10 heteroatoms. The first-order chi connectivity index (χ1) is 10.9. The number of hydrogen-bond acceptors (Lipinski definition) is 3. The van der Waals surface area contributed by atoms with E-state index in [1.807, 2.05) is 0 Å². The van der Waals surface area contributed by atoms with Gasteiger partial charge in [0.05, 0.1) is 6.10 Å². The maximum Gasteiger partial charge on any atom is 0.424 e. The van der Waals surface area contributed by atoms with Crippen molar-refractivity contribution in [3.8, 4) is 5.88 Å². The van der Waals surface area contributed by atoms with Gasteiger partial charge in [0.15, 0.2) is 11.3 Å². The van der Waals surface area contributed by atoms with Crippen molar-refractivity contribution in [1.82, 2.24) is 9.78 Å². The van der Waals surface area contributed by atoms with Gasteiger partial charge < -0.3 is 9.84 Å². The number of hydrogen-bond donors (Lipinski definition) is 1. The minimum absolute atomic E-state index is 0.0909. The van der Waals surface area contributed by atoms with E-state index in [0.29, 0.717) is 4.68 Å². The molecule has 0 amide bonds. The molecule has 1 aliphatic carbocycles. The molecule has 0 spiro atoms. The number of aromatic carboxylic acids is 1. The van der Waals surface area contributed by atoms with Gasteiger partial charge >= 0.3 is 12.1 Å². The van der Waals surface area contributed by atoms with E-state index >= 15 is 0 Å². The molecular weight excluding hydrogens is 339 g/mol. The summed E-state index contributed by atoms with van der Waals surface area (Å²) in [5, 5.41) is 12.8. The Hall–Kier alpha value is -1.87. The summed E-state index contributed by atoms with van der Waals surface area (Å²) in [5.41, 5.74) is -2.58. The van der Waals surface area contributed by atoms with E-state index in [4.69, 9.17) is 9.84 Å². The first-order valence-electron chi connectivity index (χ1n) is 7.36. The van der Waals surface area contributed by atoms with Crippen molar-refractivity contribution in [2.24, 2.45) is 5.92 Å². The predicted molar refractivity (Wildman–Crippen MR) is 72.2 cm³/mol. The zero-order valence-electron chi connectivity index (χ0n) is 13.0. The lowest BCUT2D eigenvalue weighted by Crippen LogP contribution is -2.20. The molecule has 0 radical (unpaired) electrons. The van der Waals surface area contributed by atoms with Crippen LogP contribution in [0.5, 0.6) is 5.88 Å². The molecule has 1 atom stereocenters. The lowest BCUT2D eigenvalue weighted by Gasteiger charge is -2.12. The van der Waals surface area contributed by atoms with Crippen molar-refractivity contribution in [3.63, 3.8) is 0 Å². The van der Waals surface area contributed by atoms with Gasteiger partial charge in [-0.1, -0.05) is 0 Å². The van der Waals surface area contributed by atoms with Crippen LogP contribution in [0.25, 0.3) is 0 Å².